The molecule has 7 heteroatoms. The Morgan fingerprint density at radius 2 is 1.84 bits per heavy atom. The summed E-state index contributed by atoms with van der Waals surface area (Å²) < 4.78 is 7.43. The van der Waals surface area contributed by atoms with Crippen LogP contribution in [0.3, 0.4) is 0 Å². The first-order chi connectivity index (χ1) is 15.0. The van der Waals surface area contributed by atoms with E-state index in [9.17, 15) is 4.79 Å². The van der Waals surface area contributed by atoms with E-state index in [1.807, 2.05) is 12.1 Å². The zero-order chi connectivity index (χ0) is 21.8. The zero-order valence-electron chi connectivity index (χ0n) is 18.4. The first-order valence-electron chi connectivity index (χ1n) is 10.6. The molecule has 2 aromatic carbocycles. The Labute approximate surface area is 183 Å². The number of benzene rings is 2. The molecule has 0 fully saturated rings. The van der Waals surface area contributed by atoms with Crippen molar-refractivity contribution in [3.8, 4) is 5.75 Å². The summed E-state index contributed by atoms with van der Waals surface area (Å²) in [5, 5.41) is 11.7. The van der Waals surface area contributed by atoms with Gasteiger partial charge < -0.3 is 14.6 Å². The summed E-state index contributed by atoms with van der Waals surface area (Å²) in [6, 6.07) is 13.9. The molecule has 1 aromatic heterocycles. The number of amides is 1. The molecule has 162 valence electrons. The Hall–Kier alpha value is -3.19. The molecule has 0 unspecified atom stereocenters. The molecular weight excluding hydrogens is 390 g/mol. The summed E-state index contributed by atoms with van der Waals surface area (Å²) in [6.45, 7) is 8.23. The molecule has 2 heterocycles. The number of rotatable bonds is 6. The predicted molar refractivity (Wildman–Crippen MR) is 119 cm³/mol. The monoisotopic (exact) mass is 419 g/mol. The third-order valence-electron chi connectivity index (χ3n) is 5.64. The van der Waals surface area contributed by atoms with Crippen LogP contribution in [0.1, 0.15) is 38.7 Å². The summed E-state index contributed by atoms with van der Waals surface area (Å²) >= 11 is 0. The third-order valence-corrected chi connectivity index (χ3v) is 5.64. The van der Waals surface area contributed by atoms with Gasteiger partial charge in [0.25, 0.3) is 5.91 Å². The van der Waals surface area contributed by atoms with Gasteiger partial charge in [-0.3, -0.25) is 9.69 Å². The molecule has 7 nitrogen and oxygen atoms in total. The van der Waals surface area contributed by atoms with Gasteiger partial charge in [-0.1, -0.05) is 41.5 Å². The third kappa shape index (κ3) is 4.94. The van der Waals surface area contributed by atoms with Crippen LogP contribution in [0.4, 0.5) is 0 Å². The lowest BCUT2D eigenvalue weighted by molar-refractivity contribution is 0.0946. The predicted octanol–water partition coefficient (Wildman–Crippen LogP) is 2.89. The van der Waals surface area contributed by atoms with Gasteiger partial charge in [0.05, 0.1) is 19.2 Å². The van der Waals surface area contributed by atoms with Crippen LogP contribution in [0.2, 0.25) is 0 Å². The molecule has 0 spiro atoms. The molecular formula is C24H29N5O2. The Kier molecular flexibility index (Phi) is 6.32. The molecule has 3 aromatic rings. The average Bonchev–Trinajstić information content (AvgIpc) is 3.03. The molecule has 0 bridgehead atoms. The van der Waals surface area contributed by atoms with Crippen molar-refractivity contribution in [2.45, 2.75) is 39.9 Å². The van der Waals surface area contributed by atoms with Crippen LogP contribution < -0.4 is 10.1 Å². The Balaban J connectivity index is 1.39. The summed E-state index contributed by atoms with van der Waals surface area (Å²) in [4.78, 5) is 15.1. The average molecular weight is 420 g/mol. The highest BCUT2D eigenvalue weighted by atomic mass is 16.5. The van der Waals surface area contributed by atoms with Gasteiger partial charge in [0.1, 0.15) is 11.6 Å². The van der Waals surface area contributed by atoms with Crippen LogP contribution in [-0.4, -0.2) is 45.8 Å². The topological polar surface area (TPSA) is 72.3 Å². The second-order valence-corrected chi connectivity index (χ2v) is 8.09. The minimum atomic E-state index is -0.181. The number of aromatic nitrogens is 3. The van der Waals surface area contributed by atoms with E-state index in [4.69, 9.17) is 4.74 Å². The normalized spacial score (nSPS) is 14.0. The molecule has 0 aliphatic carbocycles. The summed E-state index contributed by atoms with van der Waals surface area (Å²) in [5.74, 6) is 2.14. The van der Waals surface area contributed by atoms with Gasteiger partial charge in [-0.25, -0.2) is 0 Å². The van der Waals surface area contributed by atoms with Gasteiger partial charge in [-0.15, -0.1) is 10.2 Å². The van der Waals surface area contributed by atoms with Gasteiger partial charge >= 0.3 is 0 Å². The van der Waals surface area contributed by atoms with E-state index >= 15 is 0 Å². The maximum absolute atomic E-state index is 12.6. The van der Waals surface area contributed by atoms with Crippen LogP contribution in [0.25, 0.3) is 0 Å². The second kappa shape index (κ2) is 9.31. The highest BCUT2D eigenvalue weighted by Crippen LogP contribution is 2.18. The van der Waals surface area contributed by atoms with Gasteiger partial charge in [-0.05, 0) is 31.5 Å². The smallest absolute Gasteiger partial charge is 0.255 e. The summed E-state index contributed by atoms with van der Waals surface area (Å²) in [6.07, 6.45) is 0.845. The number of carbonyl (C=O) groups is 1. The van der Waals surface area contributed by atoms with Crippen molar-refractivity contribution in [2.24, 2.45) is 0 Å². The van der Waals surface area contributed by atoms with Gasteiger partial charge in [0.15, 0.2) is 5.82 Å². The number of nitrogens with one attached hydrogen (secondary N) is 1. The van der Waals surface area contributed by atoms with E-state index in [1.165, 1.54) is 16.7 Å². The Bertz CT molecular complexity index is 1060. The quantitative estimate of drug-likeness (QED) is 0.665. The number of methoxy groups -OCH3 is 1. The van der Waals surface area contributed by atoms with E-state index in [1.54, 1.807) is 19.2 Å². The molecule has 0 saturated carbocycles. The fourth-order valence-electron chi connectivity index (χ4n) is 4.22. The molecule has 0 saturated heterocycles. The number of hydrogen-bond donors (Lipinski definition) is 1. The lowest BCUT2D eigenvalue weighted by Crippen LogP contribution is -2.28. The minimum Gasteiger partial charge on any atom is -0.496 e. The fraction of sp³-hybridized carbons (Fsp3) is 0.375. The van der Waals surface area contributed by atoms with Gasteiger partial charge in [0.2, 0.25) is 0 Å². The van der Waals surface area contributed by atoms with Crippen molar-refractivity contribution in [3.05, 3.63) is 76.4 Å². The highest BCUT2D eigenvalue weighted by molar-refractivity contribution is 5.96. The van der Waals surface area contributed by atoms with Crippen molar-refractivity contribution in [2.75, 3.05) is 20.2 Å². The van der Waals surface area contributed by atoms with Crippen LogP contribution in [0.15, 0.2) is 42.5 Å². The number of para-hydroxylation sites is 1. The maximum atomic E-state index is 12.6. The van der Waals surface area contributed by atoms with E-state index in [0.29, 0.717) is 17.9 Å². The lowest BCUT2D eigenvalue weighted by atomic mass is 10.1. The number of fused-ring (bicyclic) bond motifs is 1. The standard InChI is InChI=1S/C24H29N5O2/c1-17-12-18(2)14-19(13-17)16-28-9-8-22-26-27-23(29(22)11-10-28)15-25-24(30)20-6-4-5-7-21(20)31-3/h4-7,12-14H,8-11,15-16H2,1-3H3,(H,25,30). The highest BCUT2D eigenvalue weighted by Gasteiger charge is 2.20. The number of nitrogens with zero attached hydrogens (tertiary/aromatic N) is 4. The Morgan fingerprint density at radius 1 is 1.06 bits per heavy atom. The number of carbonyl (C=O) groups excluding carboxylic acids is 1. The van der Waals surface area contributed by atoms with Crippen molar-refractivity contribution in [3.63, 3.8) is 0 Å². The number of hydrogen-bond acceptors (Lipinski definition) is 5. The van der Waals surface area contributed by atoms with E-state index in [0.717, 1.165) is 44.2 Å². The minimum absolute atomic E-state index is 0.181. The van der Waals surface area contributed by atoms with Crippen molar-refractivity contribution >= 4 is 5.91 Å². The van der Waals surface area contributed by atoms with Gasteiger partial charge in [0, 0.05) is 32.6 Å². The molecule has 4 rings (SSSR count). The maximum Gasteiger partial charge on any atom is 0.255 e. The van der Waals surface area contributed by atoms with Crippen LogP contribution in [-0.2, 0) is 26.1 Å². The largest absolute Gasteiger partial charge is 0.496 e. The molecule has 1 aliphatic heterocycles. The van der Waals surface area contributed by atoms with E-state index < -0.39 is 0 Å². The molecule has 1 amide bonds. The molecule has 0 radical (unpaired) electrons. The van der Waals surface area contributed by atoms with Crippen molar-refractivity contribution < 1.29 is 9.53 Å². The lowest BCUT2D eigenvalue weighted by Gasteiger charge is -2.20. The van der Waals surface area contributed by atoms with Crippen molar-refractivity contribution in [1.82, 2.24) is 25.0 Å². The zero-order valence-corrected chi connectivity index (χ0v) is 18.4. The Morgan fingerprint density at radius 3 is 2.61 bits per heavy atom. The first-order valence-corrected chi connectivity index (χ1v) is 10.6. The molecule has 1 aliphatic rings. The molecule has 0 atom stereocenters. The van der Waals surface area contributed by atoms with E-state index in [2.05, 4.69) is 57.0 Å². The van der Waals surface area contributed by atoms with Crippen LogP contribution in [0, 0.1) is 13.8 Å². The SMILES string of the molecule is COc1ccccc1C(=O)NCc1nnc2n1CCN(Cc1cc(C)cc(C)c1)CC2. The second-order valence-electron chi connectivity index (χ2n) is 8.09. The molecule has 1 N–H and O–H groups in total. The number of ether oxygens (including phenoxy) is 1. The van der Waals surface area contributed by atoms with Crippen LogP contribution >= 0.6 is 0 Å². The fourth-order valence-corrected chi connectivity index (χ4v) is 4.22. The first kappa shape index (κ1) is 21.1. The van der Waals surface area contributed by atoms with Crippen molar-refractivity contribution in [1.29, 1.82) is 0 Å². The summed E-state index contributed by atoms with van der Waals surface area (Å²) in [5.41, 5.74) is 4.46. The van der Waals surface area contributed by atoms with E-state index in [-0.39, 0.29) is 5.91 Å². The number of aryl methyl sites for hydroxylation is 2. The summed E-state index contributed by atoms with van der Waals surface area (Å²) in [7, 11) is 1.56. The molecule has 31 heavy (non-hydrogen) atoms. The van der Waals surface area contributed by atoms with Gasteiger partial charge in [-0.2, -0.15) is 0 Å². The van der Waals surface area contributed by atoms with Crippen LogP contribution in [0.5, 0.6) is 5.75 Å².